The van der Waals surface area contributed by atoms with Gasteiger partial charge in [0.1, 0.15) is 0 Å². The second kappa shape index (κ2) is 11.7. The summed E-state index contributed by atoms with van der Waals surface area (Å²) in [7, 11) is 1.77. The molecule has 1 amide bonds. The Morgan fingerprint density at radius 3 is 2.50 bits per heavy atom. The maximum absolute atomic E-state index is 11.7. The van der Waals surface area contributed by atoms with E-state index in [9.17, 15) is 4.79 Å². The summed E-state index contributed by atoms with van der Waals surface area (Å²) in [6.45, 7) is 7.26. The zero-order valence-electron chi connectivity index (χ0n) is 17.6. The van der Waals surface area contributed by atoms with Crippen molar-refractivity contribution in [3.63, 3.8) is 0 Å². The van der Waals surface area contributed by atoms with Crippen molar-refractivity contribution in [2.24, 2.45) is 10.4 Å². The van der Waals surface area contributed by atoms with Crippen molar-refractivity contribution in [3.8, 4) is 0 Å². The van der Waals surface area contributed by atoms with Gasteiger partial charge in [0.25, 0.3) is 0 Å². The second-order valence-electron chi connectivity index (χ2n) is 7.64. The van der Waals surface area contributed by atoms with Crippen LogP contribution in [0.5, 0.6) is 0 Å². The molecule has 3 N–H and O–H groups in total. The number of guanidine groups is 1. The molecule has 0 radical (unpaired) electrons. The molecule has 0 aliphatic heterocycles. The summed E-state index contributed by atoms with van der Waals surface area (Å²) in [6, 6.07) is 7.90. The Hall–Kier alpha value is -2.08. The van der Waals surface area contributed by atoms with E-state index in [1.807, 2.05) is 31.2 Å². The summed E-state index contributed by atoms with van der Waals surface area (Å²) >= 11 is 0. The first-order valence-electron chi connectivity index (χ1n) is 10.5. The number of hydrogen-bond acceptors (Lipinski definition) is 3. The van der Waals surface area contributed by atoms with Gasteiger partial charge in [-0.05, 0) is 55.7 Å². The molecule has 6 nitrogen and oxygen atoms in total. The van der Waals surface area contributed by atoms with Crippen molar-refractivity contribution in [1.29, 1.82) is 0 Å². The van der Waals surface area contributed by atoms with Crippen molar-refractivity contribution in [3.05, 3.63) is 29.8 Å². The summed E-state index contributed by atoms with van der Waals surface area (Å²) in [4.78, 5) is 16.4. The Balaban J connectivity index is 1.88. The van der Waals surface area contributed by atoms with E-state index in [1.165, 1.54) is 19.3 Å². The lowest BCUT2D eigenvalue weighted by atomic mass is 9.67. The SMILES string of the molecule is CCCC(=O)Nc1ccc(CN=C(NCC)NCC2(CCOC)CCC2)cc1. The van der Waals surface area contributed by atoms with Crippen LogP contribution in [0.25, 0.3) is 0 Å². The average Bonchev–Trinajstić information content (AvgIpc) is 2.66. The van der Waals surface area contributed by atoms with Crippen LogP contribution >= 0.6 is 0 Å². The lowest BCUT2D eigenvalue weighted by molar-refractivity contribution is -0.116. The quantitative estimate of drug-likeness (QED) is 0.399. The number of anilines is 1. The number of carbonyl (C=O) groups is 1. The van der Waals surface area contributed by atoms with Gasteiger partial charge in [0.2, 0.25) is 5.91 Å². The van der Waals surface area contributed by atoms with E-state index < -0.39 is 0 Å². The van der Waals surface area contributed by atoms with Gasteiger partial charge >= 0.3 is 0 Å². The van der Waals surface area contributed by atoms with Crippen molar-refractivity contribution in [2.75, 3.05) is 32.1 Å². The molecule has 0 heterocycles. The molecule has 2 rings (SSSR count). The molecular weight excluding hydrogens is 352 g/mol. The van der Waals surface area contributed by atoms with Crippen LogP contribution in [0, 0.1) is 5.41 Å². The molecule has 1 aliphatic rings. The first-order valence-corrected chi connectivity index (χ1v) is 10.5. The molecule has 0 atom stereocenters. The monoisotopic (exact) mass is 388 g/mol. The van der Waals surface area contributed by atoms with Gasteiger partial charge in [-0.15, -0.1) is 0 Å². The zero-order chi connectivity index (χ0) is 20.2. The number of carbonyl (C=O) groups excluding carboxylic acids is 1. The minimum Gasteiger partial charge on any atom is -0.385 e. The highest BCUT2D eigenvalue weighted by molar-refractivity contribution is 5.90. The van der Waals surface area contributed by atoms with E-state index in [1.54, 1.807) is 7.11 Å². The van der Waals surface area contributed by atoms with Crippen LogP contribution in [0.15, 0.2) is 29.3 Å². The Bertz CT molecular complexity index is 624. The summed E-state index contributed by atoms with van der Waals surface area (Å²) in [5, 5.41) is 9.76. The van der Waals surface area contributed by atoms with Crippen molar-refractivity contribution in [2.45, 2.75) is 58.9 Å². The van der Waals surface area contributed by atoms with Crippen LogP contribution in [-0.2, 0) is 16.1 Å². The van der Waals surface area contributed by atoms with E-state index in [4.69, 9.17) is 9.73 Å². The van der Waals surface area contributed by atoms with Gasteiger partial charge < -0.3 is 20.7 Å². The third-order valence-electron chi connectivity index (χ3n) is 5.36. The first kappa shape index (κ1) is 22.2. The highest BCUT2D eigenvalue weighted by Crippen LogP contribution is 2.43. The molecule has 0 aromatic heterocycles. The van der Waals surface area contributed by atoms with Gasteiger partial charge in [0.05, 0.1) is 6.54 Å². The third kappa shape index (κ3) is 7.15. The number of nitrogens with one attached hydrogen (secondary N) is 3. The molecule has 0 unspecified atom stereocenters. The summed E-state index contributed by atoms with van der Waals surface area (Å²) < 4.78 is 5.28. The Morgan fingerprint density at radius 2 is 1.93 bits per heavy atom. The molecule has 1 aromatic rings. The summed E-state index contributed by atoms with van der Waals surface area (Å²) in [5.41, 5.74) is 2.30. The molecule has 6 heteroatoms. The minimum atomic E-state index is 0.0605. The van der Waals surface area contributed by atoms with Crippen LogP contribution in [0.3, 0.4) is 0 Å². The Labute approximate surface area is 169 Å². The van der Waals surface area contributed by atoms with E-state index in [0.717, 1.165) is 49.7 Å². The predicted molar refractivity (Wildman–Crippen MR) is 116 cm³/mol. The number of hydrogen-bond donors (Lipinski definition) is 3. The average molecular weight is 389 g/mol. The normalized spacial score (nSPS) is 15.6. The number of methoxy groups -OCH3 is 1. The number of benzene rings is 1. The zero-order valence-corrected chi connectivity index (χ0v) is 17.6. The number of rotatable bonds is 11. The number of nitrogens with zero attached hydrogens (tertiary/aromatic N) is 1. The standard InChI is InChI=1S/C22H36N4O2/c1-4-7-20(27)26-19-10-8-18(9-11-19)16-24-21(23-5-2)25-17-22(12-6-13-22)14-15-28-3/h8-11H,4-7,12-17H2,1-3H3,(H,26,27)(H2,23,24,25). The van der Waals surface area contributed by atoms with Crippen molar-refractivity contribution < 1.29 is 9.53 Å². The van der Waals surface area contributed by atoms with E-state index >= 15 is 0 Å². The smallest absolute Gasteiger partial charge is 0.224 e. The van der Waals surface area contributed by atoms with Crippen LogP contribution in [0.2, 0.25) is 0 Å². The van der Waals surface area contributed by atoms with Gasteiger partial charge in [-0.2, -0.15) is 0 Å². The Morgan fingerprint density at radius 1 is 1.18 bits per heavy atom. The molecule has 1 saturated carbocycles. The fraction of sp³-hybridized carbons (Fsp3) is 0.636. The maximum Gasteiger partial charge on any atom is 0.224 e. The maximum atomic E-state index is 11.7. The van der Waals surface area contributed by atoms with Gasteiger partial charge in [-0.25, -0.2) is 4.99 Å². The number of ether oxygens (including phenoxy) is 1. The third-order valence-corrected chi connectivity index (χ3v) is 5.36. The summed E-state index contributed by atoms with van der Waals surface area (Å²) in [6.07, 6.45) is 6.32. The Kier molecular flexibility index (Phi) is 9.28. The highest BCUT2D eigenvalue weighted by atomic mass is 16.5. The first-order chi connectivity index (χ1) is 13.6. The molecule has 0 bridgehead atoms. The topological polar surface area (TPSA) is 74.8 Å². The predicted octanol–water partition coefficient (Wildman–Crippen LogP) is 3.69. The fourth-order valence-corrected chi connectivity index (χ4v) is 3.44. The number of aliphatic imine (C=N–C) groups is 1. The van der Waals surface area contributed by atoms with Crippen LogP contribution < -0.4 is 16.0 Å². The number of amides is 1. The van der Waals surface area contributed by atoms with Gasteiger partial charge in [-0.1, -0.05) is 25.5 Å². The van der Waals surface area contributed by atoms with Gasteiger partial charge in [-0.3, -0.25) is 4.79 Å². The largest absolute Gasteiger partial charge is 0.385 e. The fourth-order valence-electron chi connectivity index (χ4n) is 3.44. The van der Waals surface area contributed by atoms with Gasteiger partial charge in [0.15, 0.2) is 5.96 Å². The molecule has 1 aromatic carbocycles. The second-order valence-corrected chi connectivity index (χ2v) is 7.64. The van der Waals surface area contributed by atoms with Crippen molar-refractivity contribution in [1.82, 2.24) is 10.6 Å². The van der Waals surface area contributed by atoms with Gasteiger partial charge in [0, 0.05) is 38.9 Å². The lowest BCUT2D eigenvalue weighted by Gasteiger charge is -2.42. The molecule has 1 aliphatic carbocycles. The van der Waals surface area contributed by atoms with E-state index in [-0.39, 0.29) is 5.91 Å². The molecular formula is C22H36N4O2. The van der Waals surface area contributed by atoms with E-state index in [2.05, 4.69) is 22.9 Å². The van der Waals surface area contributed by atoms with E-state index in [0.29, 0.717) is 18.4 Å². The minimum absolute atomic E-state index is 0.0605. The lowest BCUT2D eigenvalue weighted by Crippen LogP contribution is -2.46. The molecule has 1 fully saturated rings. The van der Waals surface area contributed by atoms with Crippen LogP contribution in [0.4, 0.5) is 5.69 Å². The molecule has 156 valence electrons. The molecule has 28 heavy (non-hydrogen) atoms. The molecule has 0 spiro atoms. The highest BCUT2D eigenvalue weighted by Gasteiger charge is 2.36. The van der Waals surface area contributed by atoms with Crippen LogP contribution in [0.1, 0.15) is 57.9 Å². The van der Waals surface area contributed by atoms with Crippen LogP contribution in [-0.4, -0.2) is 38.7 Å². The molecule has 0 saturated heterocycles. The summed E-state index contributed by atoms with van der Waals surface area (Å²) in [5.74, 6) is 0.914. The van der Waals surface area contributed by atoms with Crippen molar-refractivity contribution >= 4 is 17.6 Å².